The lowest BCUT2D eigenvalue weighted by atomic mass is 9.98. The Labute approximate surface area is 313 Å². The average Bonchev–Trinajstić information content (AvgIpc) is 3.44. The maximum Gasteiger partial charge on any atom is 0.455 e. The molecule has 4 amide bonds. The highest BCUT2D eigenvalue weighted by Crippen LogP contribution is 2.44. The molecular formula is C38H52F5N5O6. The summed E-state index contributed by atoms with van der Waals surface area (Å²) in [6.45, 7) is 6.62. The van der Waals surface area contributed by atoms with Crippen LogP contribution in [-0.2, 0) is 23.9 Å². The number of ether oxygens (including phenoxy) is 2. The third-order valence-electron chi connectivity index (χ3n) is 8.99. The summed E-state index contributed by atoms with van der Waals surface area (Å²) in [7, 11) is 0. The molecule has 0 radical (unpaired) electrons. The maximum absolute atomic E-state index is 13.6. The van der Waals surface area contributed by atoms with Crippen LogP contribution in [0.3, 0.4) is 0 Å². The number of benzene rings is 2. The van der Waals surface area contributed by atoms with Crippen molar-refractivity contribution in [2.24, 2.45) is 5.92 Å². The highest BCUT2D eigenvalue weighted by Gasteiger charge is 2.57. The Balaban J connectivity index is 1.60. The summed E-state index contributed by atoms with van der Waals surface area (Å²) in [6, 6.07) is 13.5. The van der Waals surface area contributed by atoms with E-state index in [9.17, 15) is 41.1 Å². The molecule has 0 saturated heterocycles. The molecule has 300 valence electrons. The summed E-state index contributed by atoms with van der Waals surface area (Å²) in [5.41, 5.74) is 4.17. The maximum atomic E-state index is 13.6. The van der Waals surface area contributed by atoms with E-state index in [2.05, 4.69) is 39.4 Å². The van der Waals surface area contributed by atoms with E-state index in [1.54, 1.807) is 13.8 Å². The van der Waals surface area contributed by atoms with Crippen LogP contribution in [0.15, 0.2) is 48.5 Å². The third-order valence-corrected chi connectivity index (χ3v) is 8.99. The molecule has 2 atom stereocenters. The summed E-state index contributed by atoms with van der Waals surface area (Å²) in [4.78, 5) is 54.5. The van der Waals surface area contributed by atoms with E-state index < -0.39 is 73.8 Å². The minimum atomic E-state index is -5.81. The van der Waals surface area contributed by atoms with Crippen molar-refractivity contribution in [3.63, 3.8) is 0 Å². The first-order chi connectivity index (χ1) is 25.6. The monoisotopic (exact) mass is 769 g/mol. The van der Waals surface area contributed by atoms with Crippen molar-refractivity contribution in [3.8, 4) is 11.1 Å². The molecule has 11 nitrogen and oxygen atoms in total. The SMILES string of the molecule is CCCN(CCC)CCCC[C@H](NC(=O)[C@@H](NC(=O)OCC1c2ccccc2-c2ccccc21)C(C)C)C(=O)NCC(=O)NCOCC(F)(F)C(F)(F)F. The van der Waals surface area contributed by atoms with Gasteiger partial charge in [0, 0.05) is 5.92 Å². The fraction of sp³-hybridized carbons (Fsp3) is 0.579. The molecule has 2 aromatic carbocycles. The number of hydrogen-bond donors (Lipinski definition) is 4. The van der Waals surface area contributed by atoms with Gasteiger partial charge < -0.3 is 35.6 Å². The number of nitrogens with one attached hydrogen (secondary N) is 4. The van der Waals surface area contributed by atoms with Crippen LogP contribution in [0, 0.1) is 5.92 Å². The minimum Gasteiger partial charge on any atom is -0.449 e. The Morgan fingerprint density at radius 3 is 1.94 bits per heavy atom. The Hall–Kier alpha value is -4.31. The second kappa shape index (κ2) is 21.0. The van der Waals surface area contributed by atoms with Crippen LogP contribution >= 0.6 is 0 Å². The van der Waals surface area contributed by atoms with E-state index in [0.717, 1.165) is 54.7 Å². The van der Waals surface area contributed by atoms with Crippen molar-refractivity contribution < 1.29 is 50.6 Å². The minimum absolute atomic E-state index is 0.0300. The molecule has 0 aliphatic heterocycles. The van der Waals surface area contributed by atoms with E-state index in [1.165, 1.54) is 0 Å². The molecule has 2 aromatic rings. The van der Waals surface area contributed by atoms with Gasteiger partial charge >= 0.3 is 18.2 Å². The predicted molar refractivity (Wildman–Crippen MR) is 193 cm³/mol. The van der Waals surface area contributed by atoms with Crippen molar-refractivity contribution >= 4 is 23.8 Å². The van der Waals surface area contributed by atoms with Gasteiger partial charge in [-0.15, -0.1) is 0 Å². The lowest BCUT2D eigenvalue weighted by Gasteiger charge is -2.26. The molecular weight excluding hydrogens is 717 g/mol. The number of alkyl carbamates (subject to hydrolysis) is 1. The Morgan fingerprint density at radius 2 is 1.39 bits per heavy atom. The number of rotatable bonds is 22. The standard InChI is InChI=1S/C38H52F5N5O6/c1-5-18-48(19-6-2)20-12-11-17-31(34(50)44-21-32(49)45-24-53-23-37(39,40)38(41,42)43)46-35(51)33(25(3)4)47-36(52)54-22-30-28-15-9-7-13-26(28)27-14-8-10-16-29(27)30/h7-10,13-16,25,30-31,33H,5-6,11-12,17-24H2,1-4H3,(H,44,50)(H,45,49)(H,46,51)(H,47,52)/t31-,33-/m0/s1. The van der Waals surface area contributed by atoms with Gasteiger partial charge in [0.15, 0.2) is 0 Å². The zero-order chi connectivity index (χ0) is 39.9. The van der Waals surface area contributed by atoms with Gasteiger partial charge in [-0.05, 0) is 79.9 Å². The number of alkyl halides is 5. The zero-order valence-electron chi connectivity index (χ0n) is 31.2. The number of nitrogens with zero attached hydrogens (tertiary/aromatic N) is 1. The lowest BCUT2D eigenvalue weighted by molar-refractivity contribution is -0.297. The Morgan fingerprint density at radius 1 is 0.796 bits per heavy atom. The Bertz CT molecular complexity index is 1490. The van der Waals surface area contributed by atoms with E-state index in [1.807, 2.05) is 53.8 Å². The molecule has 0 saturated carbocycles. The van der Waals surface area contributed by atoms with E-state index in [4.69, 9.17) is 4.74 Å². The molecule has 16 heteroatoms. The topological polar surface area (TPSA) is 138 Å². The van der Waals surface area contributed by atoms with Crippen LogP contribution in [0.25, 0.3) is 11.1 Å². The quantitative estimate of drug-likeness (QED) is 0.0682. The number of hydrogen-bond acceptors (Lipinski definition) is 7. The largest absolute Gasteiger partial charge is 0.455 e. The first-order valence-electron chi connectivity index (χ1n) is 18.3. The van der Waals surface area contributed by atoms with Crippen molar-refractivity contribution in [1.29, 1.82) is 0 Å². The van der Waals surface area contributed by atoms with Crippen molar-refractivity contribution in [1.82, 2.24) is 26.2 Å². The number of halogens is 5. The van der Waals surface area contributed by atoms with Crippen molar-refractivity contribution in [2.45, 2.75) is 89.9 Å². The summed E-state index contributed by atoms with van der Waals surface area (Å²) < 4.78 is 73.0. The molecule has 0 spiro atoms. The van der Waals surface area contributed by atoms with Crippen LogP contribution in [0.4, 0.5) is 26.7 Å². The molecule has 0 aromatic heterocycles. The van der Waals surface area contributed by atoms with Gasteiger partial charge in [0.05, 0.1) is 6.54 Å². The van der Waals surface area contributed by atoms with Crippen molar-refractivity contribution in [3.05, 3.63) is 59.7 Å². The number of carbonyl (C=O) groups is 4. The molecule has 0 fully saturated rings. The molecule has 0 unspecified atom stereocenters. The van der Waals surface area contributed by atoms with Gasteiger partial charge in [-0.25, -0.2) is 4.79 Å². The van der Waals surface area contributed by atoms with E-state index in [-0.39, 0.29) is 18.9 Å². The smallest absolute Gasteiger partial charge is 0.449 e. The van der Waals surface area contributed by atoms with Gasteiger partial charge in [-0.2, -0.15) is 22.0 Å². The highest BCUT2D eigenvalue weighted by molar-refractivity contribution is 5.93. The van der Waals surface area contributed by atoms with Crippen LogP contribution in [0.5, 0.6) is 0 Å². The molecule has 1 aliphatic rings. The Kier molecular flexibility index (Phi) is 17.1. The van der Waals surface area contributed by atoms with Crippen LogP contribution in [-0.4, -0.2) is 99.0 Å². The first kappa shape index (κ1) is 44.1. The molecule has 0 heterocycles. The fourth-order valence-electron chi connectivity index (χ4n) is 6.23. The van der Waals surface area contributed by atoms with Crippen LogP contribution in [0.1, 0.15) is 76.8 Å². The first-order valence-corrected chi connectivity index (χ1v) is 18.3. The van der Waals surface area contributed by atoms with Crippen LogP contribution in [0.2, 0.25) is 0 Å². The fourth-order valence-corrected chi connectivity index (χ4v) is 6.23. The van der Waals surface area contributed by atoms with Gasteiger partial charge in [-0.3, -0.25) is 14.4 Å². The normalized spacial score (nSPS) is 13.9. The van der Waals surface area contributed by atoms with E-state index in [0.29, 0.717) is 12.8 Å². The zero-order valence-corrected chi connectivity index (χ0v) is 31.2. The summed E-state index contributed by atoms with van der Waals surface area (Å²) in [6.07, 6.45) is -3.23. The summed E-state index contributed by atoms with van der Waals surface area (Å²) >= 11 is 0. The third kappa shape index (κ3) is 12.9. The van der Waals surface area contributed by atoms with E-state index >= 15 is 0 Å². The molecule has 3 rings (SSSR count). The van der Waals surface area contributed by atoms with Gasteiger partial charge in [0.2, 0.25) is 17.7 Å². The van der Waals surface area contributed by atoms with Crippen molar-refractivity contribution in [2.75, 3.05) is 46.1 Å². The van der Waals surface area contributed by atoms with Gasteiger partial charge in [-0.1, -0.05) is 76.2 Å². The molecule has 4 N–H and O–H groups in total. The number of carbonyl (C=O) groups excluding carboxylic acids is 4. The average molecular weight is 770 g/mol. The van der Waals surface area contributed by atoms with Crippen LogP contribution < -0.4 is 21.3 Å². The number of amides is 4. The number of unbranched alkanes of at least 4 members (excludes halogenated alkanes) is 1. The summed E-state index contributed by atoms with van der Waals surface area (Å²) in [5, 5.41) is 9.68. The predicted octanol–water partition coefficient (Wildman–Crippen LogP) is 5.73. The summed E-state index contributed by atoms with van der Waals surface area (Å²) in [5.74, 6) is -8.02. The molecule has 1 aliphatic carbocycles. The highest BCUT2D eigenvalue weighted by atomic mass is 19.4. The number of fused-ring (bicyclic) bond motifs is 3. The van der Waals surface area contributed by atoms with Gasteiger partial charge in [0.25, 0.3) is 0 Å². The molecule has 0 bridgehead atoms. The molecule has 54 heavy (non-hydrogen) atoms. The lowest BCUT2D eigenvalue weighted by Crippen LogP contribution is -2.56. The van der Waals surface area contributed by atoms with Gasteiger partial charge in [0.1, 0.15) is 32.0 Å². The second-order valence-electron chi connectivity index (χ2n) is 13.6. The second-order valence-corrected chi connectivity index (χ2v) is 13.6.